The molecular weight excluding hydrogens is 267 g/mol. The Morgan fingerprint density at radius 3 is 2.40 bits per heavy atom. The molecule has 1 aliphatic carbocycles. The number of halogens is 3. The lowest BCUT2D eigenvalue weighted by Gasteiger charge is -2.35. The summed E-state index contributed by atoms with van der Waals surface area (Å²) in [6.07, 6.45) is -1.84. The number of benzene rings is 1. The Hall–Kier alpha value is -1.07. The van der Waals surface area contributed by atoms with Crippen LogP contribution in [-0.2, 0) is 25.8 Å². The van der Waals surface area contributed by atoms with Gasteiger partial charge < -0.3 is 5.11 Å². The maximum absolute atomic E-state index is 12.6. The molecule has 0 radical (unpaired) electrons. The third kappa shape index (κ3) is 2.44. The molecule has 1 unspecified atom stereocenters. The van der Waals surface area contributed by atoms with Crippen LogP contribution in [0.2, 0.25) is 0 Å². The summed E-state index contributed by atoms with van der Waals surface area (Å²) in [5, 5.41) is 9.38. The van der Waals surface area contributed by atoms with Crippen LogP contribution in [0.15, 0.2) is 12.1 Å². The first-order valence-electron chi connectivity index (χ1n) is 7.08. The topological polar surface area (TPSA) is 23.5 Å². The zero-order valence-corrected chi connectivity index (χ0v) is 11.2. The van der Waals surface area contributed by atoms with Gasteiger partial charge in [0.2, 0.25) is 6.23 Å². The van der Waals surface area contributed by atoms with Gasteiger partial charge in [-0.2, -0.15) is 13.2 Å². The van der Waals surface area contributed by atoms with E-state index in [-0.39, 0.29) is 13.1 Å². The summed E-state index contributed by atoms with van der Waals surface area (Å²) in [5.41, 5.74) is 4.89. The van der Waals surface area contributed by atoms with E-state index < -0.39 is 12.4 Å². The first-order chi connectivity index (χ1) is 9.47. The summed E-state index contributed by atoms with van der Waals surface area (Å²) in [7, 11) is 0. The largest absolute Gasteiger partial charge is 0.428 e. The molecule has 3 rings (SSSR count). The molecule has 0 bridgehead atoms. The summed E-state index contributed by atoms with van der Waals surface area (Å²) in [4.78, 5) is 1.11. The van der Waals surface area contributed by atoms with Crippen LogP contribution >= 0.6 is 0 Å². The van der Waals surface area contributed by atoms with Crippen LogP contribution in [-0.4, -0.2) is 29.0 Å². The SMILES string of the molecule is OC(N1CCc2c(ccc3c2CCCC3)C1)C(F)(F)F. The third-order valence-corrected chi connectivity index (χ3v) is 4.41. The number of aliphatic hydroxyl groups is 1. The first kappa shape index (κ1) is 13.9. The van der Waals surface area contributed by atoms with E-state index in [2.05, 4.69) is 6.07 Å². The van der Waals surface area contributed by atoms with Crippen molar-refractivity contribution in [3.05, 3.63) is 34.4 Å². The zero-order valence-electron chi connectivity index (χ0n) is 11.2. The Bertz CT molecular complexity index is 513. The van der Waals surface area contributed by atoms with Gasteiger partial charge in [0.25, 0.3) is 0 Å². The van der Waals surface area contributed by atoms with Gasteiger partial charge in [0.1, 0.15) is 0 Å². The summed E-state index contributed by atoms with van der Waals surface area (Å²) in [6, 6.07) is 3.99. The van der Waals surface area contributed by atoms with Crippen LogP contribution < -0.4 is 0 Å². The molecule has 0 fully saturated rings. The molecule has 110 valence electrons. The minimum Gasteiger partial charge on any atom is -0.370 e. The molecular formula is C15H18F3NO. The van der Waals surface area contributed by atoms with Crippen molar-refractivity contribution >= 4 is 0 Å². The number of nitrogens with zero attached hydrogens (tertiary/aromatic N) is 1. The van der Waals surface area contributed by atoms with Gasteiger partial charge in [-0.05, 0) is 54.4 Å². The lowest BCUT2D eigenvalue weighted by Crippen LogP contribution is -2.47. The highest BCUT2D eigenvalue weighted by Crippen LogP contribution is 2.33. The Morgan fingerprint density at radius 2 is 1.65 bits per heavy atom. The summed E-state index contributed by atoms with van der Waals surface area (Å²) in [6.45, 7) is 0.452. The molecule has 1 atom stereocenters. The third-order valence-electron chi connectivity index (χ3n) is 4.41. The average Bonchev–Trinajstić information content (AvgIpc) is 2.44. The lowest BCUT2D eigenvalue weighted by molar-refractivity contribution is -0.252. The number of alkyl halides is 3. The fourth-order valence-electron chi connectivity index (χ4n) is 3.38. The summed E-state index contributed by atoms with van der Waals surface area (Å²) in [5.74, 6) is 0. The number of fused-ring (bicyclic) bond motifs is 3. The fraction of sp³-hybridized carbons (Fsp3) is 0.600. The molecule has 1 aromatic rings. The van der Waals surface area contributed by atoms with E-state index in [4.69, 9.17) is 0 Å². The van der Waals surface area contributed by atoms with Crippen LogP contribution in [0, 0.1) is 0 Å². The molecule has 1 aliphatic heterocycles. The molecule has 1 aromatic carbocycles. The van der Waals surface area contributed by atoms with Crippen LogP contribution in [0.3, 0.4) is 0 Å². The number of aliphatic hydroxyl groups excluding tert-OH is 1. The van der Waals surface area contributed by atoms with E-state index in [0.29, 0.717) is 6.42 Å². The van der Waals surface area contributed by atoms with Crippen molar-refractivity contribution in [1.29, 1.82) is 0 Å². The Labute approximate surface area is 116 Å². The molecule has 1 heterocycles. The maximum Gasteiger partial charge on any atom is 0.428 e. The van der Waals surface area contributed by atoms with E-state index in [1.165, 1.54) is 29.5 Å². The van der Waals surface area contributed by atoms with Crippen molar-refractivity contribution in [2.24, 2.45) is 0 Å². The predicted octanol–water partition coefficient (Wildman–Crippen LogP) is 2.80. The fourth-order valence-corrected chi connectivity index (χ4v) is 3.38. The maximum atomic E-state index is 12.6. The van der Waals surface area contributed by atoms with Crippen molar-refractivity contribution in [1.82, 2.24) is 4.90 Å². The lowest BCUT2D eigenvalue weighted by atomic mass is 9.83. The van der Waals surface area contributed by atoms with Crippen molar-refractivity contribution < 1.29 is 18.3 Å². The molecule has 0 saturated carbocycles. The standard InChI is InChI=1S/C15H18F3NO/c16-15(17,18)14(20)19-8-7-13-11(9-19)6-5-10-3-1-2-4-12(10)13/h5-6,14,20H,1-4,7-9H2. The quantitative estimate of drug-likeness (QED) is 0.857. The second kappa shape index (κ2) is 5.04. The Balaban J connectivity index is 1.86. The minimum absolute atomic E-state index is 0.184. The molecule has 1 N–H and O–H groups in total. The van der Waals surface area contributed by atoms with Gasteiger partial charge in [-0.1, -0.05) is 12.1 Å². The van der Waals surface area contributed by atoms with Crippen LogP contribution in [0.1, 0.15) is 35.1 Å². The number of aryl methyl sites for hydroxylation is 1. The highest BCUT2D eigenvalue weighted by Gasteiger charge is 2.43. The normalized spacial score (nSPS) is 21.2. The summed E-state index contributed by atoms with van der Waals surface area (Å²) < 4.78 is 37.8. The molecule has 2 nitrogen and oxygen atoms in total. The number of rotatable bonds is 1. The number of hydrogen-bond donors (Lipinski definition) is 1. The van der Waals surface area contributed by atoms with Gasteiger partial charge in [0, 0.05) is 13.1 Å². The van der Waals surface area contributed by atoms with Crippen molar-refractivity contribution in [3.8, 4) is 0 Å². The van der Waals surface area contributed by atoms with Gasteiger partial charge in [-0.25, -0.2) is 0 Å². The Morgan fingerprint density at radius 1 is 1.00 bits per heavy atom. The van der Waals surface area contributed by atoms with Crippen LogP contribution in [0.25, 0.3) is 0 Å². The van der Waals surface area contributed by atoms with E-state index in [1.54, 1.807) is 0 Å². The molecule has 0 saturated heterocycles. The highest BCUT2D eigenvalue weighted by atomic mass is 19.4. The molecule has 0 aromatic heterocycles. The van der Waals surface area contributed by atoms with Gasteiger partial charge in [-0.15, -0.1) is 0 Å². The molecule has 2 aliphatic rings. The van der Waals surface area contributed by atoms with Crippen molar-refractivity contribution in [2.75, 3.05) is 6.54 Å². The van der Waals surface area contributed by atoms with Gasteiger partial charge in [0.15, 0.2) is 0 Å². The van der Waals surface area contributed by atoms with Crippen molar-refractivity contribution in [2.45, 2.75) is 51.1 Å². The molecule has 0 spiro atoms. The van der Waals surface area contributed by atoms with Crippen molar-refractivity contribution in [3.63, 3.8) is 0 Å². The number of hydrogen-bond acceptors (Lipinski definition) is 2. The van der Waals surface area contributed by atoms with Crippen LogP contribution in [0.5, 0.6) is 0 Å². The highest BCUT2D eigenvalue weighted by molar-refractivity contribution is 5.43. The molecule has 0 amide bonds. The second-order valence-electron chi connectivity index (χ2n) is 5.68. The smallest absolute Gasteiger partial charge is 0.370 e. The van der Waals surface area contributed by atoms with E-state index >= 15 is 0 Å². The van der Waals surface area contributed by atoms with E-state index in [0.717, 1.165) is 23.3 Å². The molecule has 5 heteroatoms. The van der Waals surface area contributed by atoms with Gasteiger partial charge in [-0.3, -0.25) is 4.90 Å². The second-order valence-corrected chi connectivity index (χ2v) is 5.68. The van der Waals surface area contributed by atoms with E-state index in [1.807, 2.05) is 6.07 Å². The average molecular weight is 285 g/mol. The van der Waals surface area contributed by atoms with Gasteiger partial charge >= 0.3 is 6.18 Å². The monoisotopic (exact) mass is 285 g/mol. The predicted molar refractivity (Wildman–Crippen MR) is 69.3 cm³/mol. The van der Waals surface area contributed by atoms with Crippen LogP contribution in [0.4, 0.5) is 13.2 Å². The first-order valence-corrected chi connectivity index (χ1v) is 7.08. The minimum atomic E-state index is -4.58. The van der Waals surface area contributed by atoms with E-state index in [9.17, 15) is 18.3 Å². The molecule has 20 heavy (non-hydrogen) atoms. The summed E-state index contributed by atoms with van der Waals surface area (Å²) >= 11 is 0. The zero-order chi connectivity index (χ0) is 14.3. The van der Waals surface area contributed by atoms with Gasteiger partial charge in [0.05, 0.1) is 0 Å². The Kier molecular flexibility index (Phi) is 3.50.